The topological polar surface area (TPSA) is 96.0 Å². The number of hydrogen-bond acceptors (Lipinski definition) is 5. The van der Waals surface area contributed by atoms with Crippen molar-refractivity contribution < 1.29 is 22.7 Å². The van der Waals surface area contributed by atoms with E-state index in [1.54, 1.807) is 49.4 Å². The largest absolute Gasteiger partial charge is 0.495 e. The first-order valence-electron chi connectivity index (χ1n) is 13.4. The molecule has 0 unspecified atom stereocenters. The summed E-state index contributed by atoms with van der Waals surface area (Å²) in [5.74, 6) is -0.767. The van der Waals surface area contributed by atoms with E-state index in [2.05, 4.69) is 5.32 Å². The van der Waals surface area contributed by atoms with E-state index in [0.717, 1.165) is 4.31 Å². The van der Waals surface area contributed by atoms with Gasteiger partial charge in [-0.15, -0.1) is 0 Å². The number of benzene rings is 3. The molecule has 0 aliphatic rings. The van der Waals surface area contributed by atoms with Gasteiger partial charge in [0.25, 0.3) is 10.0 Å². The fourth-order valence-corrected chi connectivity index (χ4v) is 6.21. The Labute approximate surface area is 262 Å². The molecule has 0 radical (unpaired) electrons. The third-order valence-corrected chi connectivity index (χ3v) is 9.49. The summed E-state index contributed by atoms with van der Waals surface area (Å²) in [6.07, 6.45) is 0.974. The molecule has 0 aliphatic heterocycles. The van der Waals surface area contributed by atoms with Crippen LogP contribution in [0.25, 0.3) is 0 Å². The molecule has 0 heterocycles. The second-order valence-corrected chi connectivity index (χ2v) is 12.8. The van der Waals surface area contributed by atoms with Gasteiger partial charge in [-0.1, -0.05) is 72.9 Å². The monoisotopic (exact) mass is 653 g/mol. The number of anilines is 1. The van der Waals surface area contributed by atoms with Crippen molar-refractivity contribution >= 4 is 62.3 Å². The number of ether oxygens (including phenoxy) is 1. The van der Waals surface area contributed by atoms with Crippen LogP contribution in [0.4, 0.5) is 5.69 Å². The van der Waals surface area contributed by atoms with Gasteiger partial charge in [-0.3, -0.25) is 13.9 Å². The SMILES string of the molecule is CC[C@H](C)NC(=O)[C@H](CC)N(Cc1ccc(Cl)c(Cl)c1)C(=O)CN(c1cc(Cl)ccc1OC)S(=O)(=O)c1ccccc1. The maximum atomic E-state index is 14.2. The van der Waals surface area contributed by atoms with Crippen LogP contribution in [0.5, 0.6) is 5.75 Å². The molecule has 2 amide bonds. The Morgan fingerprint density at radius 1 is 0.929 bits per heavy atom. The van der Waals surface area contributed by atoms with E-state index in [4.69, 9.17) is 39.5 Å². The lowest BCUT2D eigenvalue weighted by Gasteiger charge is -2.34. The minimum atomic E-state index is -4.28. The van der Waals surface area contributed by atoms with Crippen LogP contribution in [-0.2, 0) is 26.2 Å². The second-order valence-electron chi connectivity index (χ2n) is 9.65. The standard InChI is InChI=1S/C30H34Cl3N3O5S/c1-5-20(3)34-30(38)26(6-2)35(18-21-12-14-24(32)25(33)16-21)29(37)19-36(27-17-22(31)13-15-28(27)41-4)42(39,40)23-10-8-7-9-11-23/h7-17,20,26H,5-6,18-19H2,1-4H3,(H,34,38)/t20-,26-/m0/s1. The number of nitrogens with zero attached hydrogens (tertiary/aromatic N) is 2. The molecule has 42 heavy (non-hydrogen) atoms. The number of methoxy groups -OCH3 is 1. The molecule has 3 aromatic carbocycles. The Hall–Kier alpha value is -2.98. The predicted octanol–water partition coefficient (Wildman–Crippen LogP) is 6.57. The third kappa shape index (κ3) is 8.10. The first kappa shape index (κ1) is 33.5. The molecule has 0 spiro atoms. The number of hydrogen-bond donors (Lipinski definition) is 1. The molecular weight excluding hydrogens is 621 g/mol. The normalized spacial score (nSPS) is 12.7. The van der Waals surface area contributed by atoms with Gasteiger partial charge < -0.3 is 15.0 Å². The minimum Gasteiger partial charge on any atom is -0.495 e. The average molecular weight is 655 g/mol. The molecule has 0 bridgehead atoms. The van der Waals surface area contributed by atoms with Crippen LogP contribution in [0.3, 0.4) is 0 Å². The van der Waals surface area contributed by atoms with E-state index in [0.29, 0.717) is 17.0 Å². The molecule has 0 aliphatic carbocycles. The van der Waals surface area contributed by atoms with Gasteiger partial charge in [0.2, 0.25) is 11.8 Å². The number of sulfonamides is 1. The number of nitrogens with one attached hydrogen (secondary N) is 1. The van der Waals surface area contributed by atoms with Crippen molar-refractivity contribution in [2.45, 2.75) is 57.1 Å². The zero-order valence-electron chi connectivity index (χ0n) is 23.8. The third-order valence-electron chi connectivity index (χ3n) is 6.74. The number of amides is 2. The summed E-state index contributed by atoms with van der Waals surface area (Å²) in [4.78, 5) is 28.9. The Morgan fingerprint density at radius 2 is 1.62 bits per heavy atom. The van der Waals surface area contributed by atoms with Crippen molar-refractivity contribution in [2.24, 2.45) is 0 Å². The Morgan fingerprint density at radius 3 is 2.21 bits per heavy atom. The number of carbonyl (C=O) groups is 2. The van der Waals surface area contributed by atoms with E-state index in [9.17, 15) is 18.0 Å². The molecular formula is C30H34Cl3N3O5S. The predicted molar refractivity (Wildman–Crippen MR) is 168 cm³/mol. The highest BCUT2D eigenvalue weighted by atomic mass is 35.5. The van der Waals surface area contributed by atoms with E-state index in [-0.39, 0.29) is 51.3 Å². The molecule has 0 aromatic heterocycles. The lowest BCUT2D eigenvalue weighted by molar-refractivity contribution is -0.140. The maximum absolute atomic E-state index is 14.2. The summed E-state index contributed by atoms with van der Waals surface area (Å²) in [5.41, 5.74) is 0.694. The molecule has 3 aromatic rings. The van der Waals surface area contributed by atoms with Crippen LogP contribution < -0.4 is 14.4 Å². The van der Waals surface area contributed by atoms with Gasteiger partial charge in [0, 0.05) is 17.6 Å². The van der Waals surface area contributed by atoms with Crippen molar-refractivity contribution in [3.63, 3.8) is 0 Å². The second kappa shape index (κ2) is 15.0. The van der Waals surface area contributed by atoms with Crippen molar-refractivity contribution in [3.05, 3.63) is 87.4 Å². The van der Waals surface area contributed by atoms with Crippen molar-refractivity contribution in [1.82, 2.24) is 10.2 Å². The average Bonchev–Trinajstić information content (AvgIpc) is 2.97. The van der Waals surface area contributed by atoms with E-state index >= 15 is 0 Å². The molecule has 0 saturated heterocycles. The van der Waals surface area contributed by atoms with Gasteiger partial charge in [0.05, 0.1) is 27.7 Å². The van der Waals surface area contributed by atoms with E-state index in [1.165, 1.54) is 36.3 Å². The number of halogens is 3. The summed E-state index contributed by atoms with van der Waals surface area (Å²) < 4.78 is 34.4. The molecule has 1 N–H and O–H groups in total. The van der Waals surface area contributed by atoms with Crippen LogP contribution in [0.15, 0.2) is 71.6 Å². The number of carbonyl (C=O) groups excluding carboxylic acids is 2. The van der Waals surface area contributed by atoms with Crippen molar-refractivity contribution in [3.8, 4) is 5.75 Å². The van der Waals surface area contributed by atoms with E-state index < -0.39 is 28.5 Å². The summed E-state index contributed by atoms with van der Waals surface area (Å²) >= 11 is 18.6. The summed E-state index contributed by atoms with van der Waals surface area (Å²) in [5, 5.41) is 3.82. The smallest absolute Gasteiger partial charge is 0.264 e. The van der Waals surface area contributed by atoms with Crippen molar-refractivity contribution in [1.29, 1.82) is 0 Å². The van der Waals surface area contributed by atoms with Gasteiger partial charge in [-0.2, -0.15) is 0 Å². The molecule has 8 nitrogen and oxygen atoms in total. The Kier molecular flexibility index (Phi) is 11.9. The molecule has 2 atom stereocenters. The quantitative estimate of drug-likeness (QED) is 0.225. The molecule has 3 rings (SSSR count). The molecule has 12 heteroatoms. The van der Waals surface area contributed by atoms with Gasteiger partial charge >= 0.3 is 0 Å². The first-order chi connectivity index (χ1) is 19.9. The lowest BCUT2D eigenvalue weighted by Crippen LogP contribution is -2.53. The molecule has 0 saturated carbocycles. The van der Waals surface area contributed by atoms with Crippen LogP contribution >= 0.6 is 34.8 Å². The minimum absolute atomic E-state index is 0.0198. The first-order valence-corrected chi connectivity index (χ1v) is 15.9. The van der Waals surface area contributed by atoms with Gasteiger partial charge in [0.1, 0.15) is 18.3 Å². The van der Waals surface area contributed by atoms with Gasteiger partial charge in [0.15, 0.2) is 0 Å². The van der Waals surface area contributed by atoms with Crippen LogP contribution in [-0.4, -0.2) is 50.9 Å². The highest BCUT2D eigenvalue weighted by Gasteiger charge is 2.35. The van der Waals surface area contributed by atoms with Crippen molar-refractivity contribution in [2.75, 3.05) is 18.0 Å². The fraction of sp³-hybridized carbons (Fsp3) is 0.333. The number of rotatable bonds is 13. The van der Waals surface area contributed by atoms with Gasteiger partial charge in [-0.25, -0.2) is 8.42 Å². The van der Waals surface area contributed by atoms with Crippen LogP contribution in [0, 0.1) is 0 Å². The molecule has 226 valence electrons. The molecule has 0 fully saturated rings. The highest BCUT2D eigenvalue weighted by Crippen LogP contribution is 2.35. The van der Waals surface area contributed by atoms with Crippen LogP contribution in [0.1, 0.15) is 39.2 Å². The zero-order valence-corrected chi connectivity index (χ0v) is 26.9. The summed E-state index contributed by atoms with van der Waals surface area (Å²) in [6, 6.07) is 16.1. The highest BCUT2D eigenvalue weighted by molar-refractivity contribution is 7.92. The van der Waals surface area contributed by atoms with Crippen LogP contribution in [0.2, 0.25) is 15.1 Å². The van der Waals surface area contributed by atoms with Gasteiger partial charge in [-0.05, 0) is 67.8 Å². The summed E-state index contributed by atoms with van der Waals surface area (Å²) in [7, 11) is -2.89. The zero-order chi connectivity index (χ0) is 31.0. The summed E-state index contributed by atoms with van der Waals surface area (Å²) in [6.45, 7) is 4.94. The maximum Gasteiger partial charge on any atom is 0.264 e. The lowest BCUT2D eigenvalue weighted by atomic mass is 10.1. The van der Waals surface area contributed by atoms with E-state index in [1.807, 2.05) is 13.8 Å². The Bertz CT molecular complexity index is 1510. The fourth-order valence-electron chi connectivity index (χ4n) is 4.29. The Balaban J connectivity index is 2.13.